The monoisotopic (exact) mass is 374 g/mol. The van der Waals surface area contributed by atoms with Crippen LogP contribution in [0.25, 0.3) is 16.9 Å². The van der Waals surface area contributed by atoms with E-state index in [1.54, 1.807) is 13.2 Å². The first-order valence-electron chi connectivity index (χ1n) is 9.26. The van der Waals surface area contributed by atoms with Crippen LogP contribution in [-0.2, 0) is 4.84 Å². The van der Waals surface area contributed by atoms with Crippen LogP contribution in [0.2, 0.25) is 0 Å². The summed E-state index contributed by atoms with van der Waals surface area (Å²) in [5.74, 6) is 0.838. The molecule has 1 aromatic heterocycles. The van der Waals surface area contributed by atoms with Crippen LogP contribution in [0, 0.1) is 13.8 Å². The van der Waals surface area contributed by atoms with Crippen molar-refractivity contribution in [2.24, 2.45) is 5.16 Å². The van der Waals surface area contributed by atoms with E-state index < -0.39 is 0 Å². The quantitative estimate of drug-likeness (QED) is 0.230. The van der Waals surface area contributed by atoms with Gasteiger partial charge in [-0.2, -0.15) is 0 Å². The second-order valence-corrected chi connectivity index (χ2v) is 6.69. The maximum absolute atomic E-state index is 5.31. The summed E-state index contributed by atoms with van der Waals surface area (Å²) in [6.45, 7) is 10.2. The highest BCUT2D eigenvalue weighted by Crippen LogP contribution is 2.31. The second kappa shape index (κ2) is 8.61. The zero-order chi connectivity index (χ0) is 20.1. The first kappa shape index (κ1) is 19.5. The average Bonchev–Trinajstić information content (AvgIpc) is 3.05. The summed E-state index contributed by atoms with van der Waals surface area (Å²) in [6, 6.07) is 18.8. The molecular weight excluding hydrogens is 348 g/mol. The first-order chi connectivity index (χ1) is 13.5. The Labute approximate surface area is 166 Å². The lowest BCUT2D eigenvalue weighted by Crippen LogP contribution is -2.03. The molecule has 1 heterocycles. The largest absolute Gasteiger partial charge is 0.497 e. The Hall–Kier alpha value is -3.27. The Bertz CT molecular complexity index is 998. The number of aryl methyl sites for hydroxylation is 1. The molecule has 3 rings (SSSR count). The molecule has 0 saturated carbocycles. The van der Waals surface area contributed by atoms with Gasteiger partial charge in [0.2, 0.25) is 0 Å². The van der Waals surface area contributed by atoms with Crippen molar-refractivity contribution in [3.63, 3.8) is 0 Å². The topological polar surface area (TPSA) is 35.8 Å². The fraction of sp³-hybridized carbons (Fsp3) is 0.208. The van der Waals surface area contributed by atoms with Crippen LogP contribution in [-0.4, -0.2) is 24.0 Å². The van der Waals surface area contributed by atoms with E-state index in [-0.39, 0.29) is 0 Å². The van der Waals surface area contributed by atoms with Crippen LogP contribution in [0.1, 0.15) is 23.7 Å². The molecule has 28 heavy (non-hydrogen) atoms. The molecule has 0 atom stereocenters. The summed E-state index contributed by atoms with van der Waals surface area (Å²) >= 11 is 0. The van der Waals surface area contributed by atoms with Crippen LogP contribution >= 0.6 is 0 Å². The molecule has 0 aliphatic rings. The first-order valence-corrected chi connectivity index (χ1v) is 9.26. The number of hydrogen-bond donors (Lipinski definition) is 0. The van der Waals surface area contributed by atoms with Crippen LogP contribution in [0.5, 0.6) is 5.75 Å². The molecule has 0 bridgehead atoms. The van der Waals surface area contributed by atoms with Gasteiger partial charge in [-0.15, -0.1) is 0 Å². The van der Waals surface area contributed by atoms with Crippen molar-refractivity contribution in [3.05, 3.63) is 84.1 Å². The predicted molar refractivity (Wildman–Crippen MR) is 116 cm³/mol. The van der Waals surface area contributed by atoms with E-state index in [1.165, 1.54) is 5.56 Å². The lowest BCUT2D eigenvalue weighted by atomic mass is 10.1. The van der Waals surface area contributed by atoms with Gasteiger partial charge in [0, 0.05) is 16.9 Å². The number of nitrogens with zero attached hydrogens (tertiary/aromatic N) is 2. The van der Waals surface area contributed by atoms with Crippen molar-refractivity contribution in [1.29, 1.82) is 0 Å². The van der Waals surface area contributed by atoms with Gasteiger partial charge in [0.25, 0.3) is 0 Å². The lowest BCUT2D eigenvalue weighted by Gasteiger charge is -2.13. The van der Waals surface area contributed by atoms with Crippen molar-refractivity contribution < 1.29 is 9.57 Å². The fourth-order valence-electron chi connectivity index (χ4n) is 3.28. The Balaban J connectivity index is 2.17. The van der Waals surface area contributed by atoms with Crippen molar-refractivity contribution >= 4 is 5.71 Å². The van der Waals surface area contributed by atoms with Gasteiger partial charge >= 0.3 is 0 Å². The molecule has 0 unspecified atom stereocenters. The number of rotatable bonds is 7. The van der Waals surface area contributed by atoms with Crippen molar-refractivity contribution in [3.8, 4) is 22.7 Å². The number of methoxy groups -OCH3 is 1. The number of ether oxygens (including phenoxy) is 1. The van der Waals surface area contributed by atoms with Crippen LogP contribution in [0.3, 0.4) is 0 Å². The van der Waals surface area contributed by atoms with E-state index in [2.05, 4.69) is 72.6 Å². The van der Waals surface area contributed by atoms with Crippen LogP contribution in [0.4, 0.5) is 0 Å². The summed E-state index contributed by atoms with van der Waals surface area (Å²) in [4.78, 5) is 5.31. The highest BCUT2D eigenvalue weighted by atomic mass is 16.6. The molecule has 3 aromatic rings. The summed E-state index contributed by atoms with van der Waals surface area (Å²) < 4.78 is 7.57. The van der Waals surface area contributed by atoms with Crippen LogP contribution < -0.4 is 4.74 Å². The van der Waals surface area contributed by atoms with Gasteiger partial charge in [-0.3, -0.25) is 0 Å². The second-order valence-electron chi connectivity index (χ2n) is 6.69. The standard InChI is InChI=1S/C24H26N2O2/c1-6-14-28-25-18(3)23-16-24(20-10-12-22(27-5)13-11-20)26(19(23)4)21-9-7-8-17(2)15-21/h6-13,15-16H,1,14H2,2-5H3/b25-18+. The molecule has 0 radical (unpaired) electrons. The highest BCUT2D eigenvalue weighted by Gasteiger charge is 2.17. The third-order valence-corrected chi connectivity index (χ3v) is 4.68. The molecule has 2 aromatic carbocycles. The summed E-state index contributed by atoms with van der Waals surface area (Å²) in [7, 11) is 1.68. The van der Waals surface area contributed by atoms with E-state index in [9.17, 15) is 0 Å². The van der Waals surface area contributed by atoms with Crippen molar-refractivity contribution in [2.75, 3.05) is 13.7 Å². The van der Waals surface area contributed by atoms with E-state index in [0.717, 1.165) is 39.7 Å². The zero-order valence-corrected chi connectivity index (χ0v) is 16.9. The number of aromatic nitrogens is 1. The predicted octanol–water partition coefficient (Wildman–Crippen LogP) is 5.70. The normalized spacial score (nSPS) is 11.4. The molecule has 0 spiro atoms. The SMILES string of the molecule is C=CCO/N=C(\C)c1cc(-c2ccc(OC)cc2)n(-c2cccc(C)c2)c1C. The molecule has 0 aliphatic heterocycles. The van der Waals surface area contributed by atoms with E-state index in [1.807, 2.05) is 19.1 Å². The number of oxime groups is 1. The molecule has 144 valence electrons. The molecule has 0 saturated heterocycles. The van der Waals surface area contributed by atoms with Gasteiger partial charge in [-0.05, 0) is 74.4 Å². The highest BCUT2D eigenvalue weighted by molar-refractivity contribution is 6.01. The van der Waals surface area contributed by atoms with Gasteiger partial charge in [0.05, 0.1) is 18.5 Å². The fourth-order valence-corrected chi connectivity index (χ4v) is 3.28. The Morgan fingerprint density at radius 2 is 1.86 bits per heavy atom. The maximum Gasteiger partial charge on any atom is 0.135 e. The summed E-state index contributed by atoms with van der Waals surface area (Å²) in [5.41, 5.74) is 7.54. The van der Waals surface area contributed by atoms with Gasteiger partial charge < -0.3 is 14.1 Å². The van der Waals surface area contributed by atoms with E-state index in [4.69, 9.17) is 9.57 Å². The van der Waals surface area contributed by atoms with Gasteiger partial charge in [-0.25, -0.2) is 0 Å². The third-order valence-electron chi connectivity index (χ3n) is 4.68. The van der Waals surface area contributed by atoms with Crippen molar-refractivity contribution in [1.82, 2.24) is 4.57 Å². The minimum atomic E-state index is 0.389. The Kier molecular flexibility index (Phi) is 5.99. The molecule has 4 heteroatoms. The Morgan fingerprint density at radius 3 is 2.50 bits per heavy atom. The van der Waals surface area contributed by atoms with Crippen LogP contribution in [0.15, 0.2) is 72.4 Å². The molecule has 0 N–H and O–H groups in total. The average molecular weight is 374 g/mol. The lowest BCUT2D eigenvalue weighted by molar-refractivity contribution is 0.175. The van der Waals surface area contributed by atoms with Gasteiger partial charge in [0.1, 0.15) is 12.4 Å². The number of benzene rings is 2. The van der Waals surface area contributed by atoms with Crippen molar-refractivity contribution in [2.45, 2.75) is 20.8 Å². The molecule has 0 amide bonds. The smallest absolute Gasteiger partial charge is 0.135 e. The van der Waals surface area contributed by atoms with Gasteiger partial charge in [-0.1, -0.05) is 29.9 Å². The zero-order valence-electron chi connectivity index (χ0n) is 16.9. The van der Waals surface area contributed by atoms with Gasteiger partial charge in [0.15, 0.2) is 0 Å². The summed E-state index contributed by atoms with van der Waals surface area (Å²) in [6.07, 6.45) is 1.68. The molecular formula is C24H26N2O2. The maximum atomic E-state index is 5.31. The third kappa shape index (κ3) is 4.01. The molecule has 0 aliphatic carbocycles. The molecule has 4 nitrogen and oxygen atoms in total. The summed E-state index contributed by atoms with van der Waals surface area (Å²) in [5, 5.41) is 4.24. The Morgan fingerprint density at radius 1 is 1.11 bits per heavy atom. The molecule has 0 fully saturated rings. The minimum Gasteiger partial charge on any atom is -0.497 e. The minimum absolute atomic E-state index is 0.389. The van der Waals surface area contributed by atoms with E-state index >= 15 is 0 Å². The number of hydrogen-bond acceptors (Lipinski definition) is 3. The van der Waals surface area contributed by atoms with E-state index in [0.29, 0.717) is 6.61 Å².